The summed E-state index contributed by atoms with van der Waals surface area (Å²) in [5, 5.41) is 1.60. The molecule has 14 heavy (non-hydrogen) atoms. The Labute approximate surface area is 81.7 Å². The number of nitrogens with zero attached hydrogens (tertiary/aromatic N) is 1. The third-order valence-electron chi connectivity index (χ3n) is 2.02. The zero-order valence-electron chi connectivity index (χ0n) is 7.46. The van der Waals surface area contributed by atoms with Crippen molar-refractivity contribution in [3.63, 3.8) is 0 Å². The zero-order chi connectivity index (χ0) is 9.80. The van der Waals surface area contributed by atoms with Gasteiger partial charge in [-0.2, -0.15) is 0 Å². The van der Waals surface area contributed by atoms with E-state index in [-0.39, 0.29) is 6.04 Å². The average molecular weight is 190 g/mol. The molecule has 1 aromatic carbocycles. The maximum atomic E-state index is 10.9. The quantitative estimate of drug-likeness (QED) is 0.726. The van der Waals surface area contributed by atoms with Crippen LogP contribution in [0.5, 0.6) is 0 Å². The van der Waals surface area contributed by atoms with Crippen molar-refractivity contribution < 1.29 is 9.63 Å². The molecule has 1 unspecified atom stereocenters. The molecule has 2 rings (SSSR count). The highest BCUT2D eigenvalue weighted by Crippen LogP contribution is 2.18. The Hall–Kier alpha value is -1.81. The first-order valence-corrected chi connectivity index (χ1v) is 4.28. The Balaban J connectivity index is 2.21. The number of aldehydes is 1. The second-order valence-corrected chi connectivity index (χ2v) is 2.89. The van der Waals surface area contributed by atoms with Crippen LogP contribution in [0, 0.1) is 0 Å². The minimum atomic E-state index is -0.352. The van der Waals surface area contributed by atoms with E-state index in [4.69, 9.17) is 4.84 Å². The third kappa shape index (κ3) is 1.60. The van der Waals surface area contributed by atoms with E-state index < -0.39 is 0 Å². The Kier molecular flexibility index (Phi) is 2.46. The maximum Gasteiger partial charge on any atom is 0.148 e. The van der Waals surface area contributed by atoms with E-state index in [1.54, 1.807) is 11.2 Å². The van der Waals surface area contributed by atoms with Gasteiger partial charge in [-0.3, -0.25) is 5.01 Å². The van der Waals surface area contributed by atoms with Crippen LogP contribution in [0.15, 0.2) is 42.8 Å². The van der Waals surface area contributed by atoms with Gasteiger partial charge in [-0.25, -0.2) is 0 Å². The van der Waals surface area contributed by atoms with Gasteiger partial charge in [0.1, 0.15) is 18.6 Å². The Morgan fingerprint density at radius 2 is 2.14 bits per heavy atom. The fourth-order valence-electron chi connectivity index (χ4n) is 1.32. The fourth-order valence-corrected chi connectivity index (χ4v) is 1.32. The predicted octanol–water partition coefficient (Wildman–Crippen LogP) is 1.15. The lowest BCUT2D eigenvalue weighted by Crippen LogP contribution is -2.32. The van der Waals surface area contributed by atoms with E-state index in [0.717, 1.165) is 11.8 Å². The van der Waals surface area contributed by atoms with Gasteiger partial charge in [0, 0.05) is 0 Å². The van der Waals surface area contributed by atoms with Crippen molar-refractivity contribution in [2.75, 3.05) is 0 Å². The second-order valence-electron chi connectivity index (χ2n) is 2.89. The van der Waals surface area contributed by atoms with Crippen LogP contribution < -0.4 is 5.59 Å². The molecule has 0 spiro atoms. The molecule has 1 aliphatic heterocycles. The number of hydrogen-bond acceptors (Lipinski definition) is 4. The largest absolute Gasteiger partial charge is 0.395 e. The highest BCUT2D eigenvalue weighted by molar-refractivity contribution is 5.61. The summed E-state index contributed by atoms with van der Waals surface area (Å²) in [6, 6.07) is 9.14. The number of nitrogens with one attached hydrogen (secondary N) is 1. The minimum Gasteiger partial charge on any atom is -0.395 e. The molecule has 1 aromatic rings. The lowest BCUT2D eigenvalue weighted by Gasteiger charge is -2.21. The van der Waals surface area contributed by atoms with Gasteiger partial charge >= 0.3 is 0 Å². The summed E-state index contributed by atoms with van der Waals surface area (Å²) in [6.07, 6.45) is 4.02. The molecule has 0 aliphatic carbocycles. The van der Waals surface area contributed by atoms with Crippen LogP contribution in [-0.2, 0) is 9.63 Å². The minimum absolute atomic E-state index is 0.352. The molecule has 1 atom stereocenters. The predicted molar refractivity (Wildman–Crippen MR) is 50.4 cm³/mol. The first kappa shape index (κ1) is 8.77. The third-order valence-corrected chi connectivity index (χ3v) is 2.02. The van der Waals surface area contributed by atoms with Gasteiger partial charge in [0.2, 0.25) is 0 Å². The highest BCUT2D eigenvalue weighted by atomic mass is 16.7. The molecule has 1 aliphatic rings. The van der Waals surface area contributed by atoms with Crippen LogP contribution in [0.4, 0.5) is 0 Å². The van der Waals surface area contributed by atoms with Crippen molar-refractivity contribution in [3.8, 4) is 0 Å². The summed E-state index contributed by atoms with van der Waals surface area (Å²) < 4.78 is 0. The summed E-state index contributed by atoms with van der Waals surface area (Å²) in [7, 11) is 0. The van der Waals surface area contributed by atoms with Gasteiger partial charge in [-0.1, -0.05) is 35.9 Å². The van der Waals surface area contributed by atoms with Crippen LogP contribution >= 0.6 is 0 Å². The van der Waals surface area contributed by atoms with E-state index in [2.05, 4.69) is 5.59 Å². The Morgan fingerprint density at radius 3 is 2.71 bits per heavy atom. The van der Waals surface area contributed by atoms with E-state index in [1.165, 1.54) is 6.26 Å². The molecular weight excluding hydrogens is 180 g/mol. The summed E-state index contributed by atoms with van der Waals surface area (Å²) in [5.74, 6) is 0. The van der Waals surface area contributed by atoms with E-state index in [0.29, 0.717) is 0 Å². The normalized spacial score (nSPS) is 16.4. The molecule has 0 saturated heterocycles. The SMILES string of the molecule is O=CC(c1ccccc1)N1C=CON1. The molecule has 1 N–H and O–H groups in total. The van der Waals surface area contributed by atoms with E-state index in [9.17, 15) is 4.79 Å². The topological polar surface area (TPSA) is 41.6 Å². The van der Waals surface area contributed by atoms with Crippen LogP contribution in [0.3, 0.4) is 0 Å². The number of hydrazine groups is 1. The molecule has 0 aromatic heterocycles. The van der Waals surface area contributed by atoms with Crippen molar-refractivity contribution in [2.45, 2.75) is 6.04 Å². The molecule has 4 nitrogen and oxygen atoms in total. The molecule has 72 valence electrons. The smallest absolute Gasteiger partial charge is 0.148 e. The molecule has 0 fully saturated rings. The average Bonchev–Trinajstić information content (AvgIpc) is 2.74. The summed E-state index contributed by atoms with van der Waals surface area (Å²) in [4.78, 5) is 15.7. The Morgan fingerprint density at radius 1 is 1.36 bits per heavy atom. The van der Waals surface area contributed by atoms with Crippen molar-refractivity contribution >= 4 is 6.29 Å². The number of rotatable bonds is 3. The molecule has 0 radical (unpaired) electrons. The highest BCUT2D eigenvalue weighted by Gasteiger charge is 2.19. The summed E-state index contributed by atoms with van der Waals surface area (Å²) >= 11 is 0. The molecule has 0 bridgehead atoms. The number of carbonyl (C=O) groups is 1. The monoisotopic (exact) mass is 190 g/mol. The lowest BCUT2D eigenvalue weighted by molar-refractivity contribution is -0.115. The van der Waals surface area contributed by atoms with Gasteiger partial charge in [0.05, 0.1) is 6.20 Å². The zero-order valence-corrected chi connectivity index (χ0v) is 7.46. The van der Waals surface area contributed by atoms with Crippen LogP contribution in [-0.4, -0.2) is 11.3 Å². The number of hydrogen-bond donors (Lipinski definition) is 1. The van der Waals surface area contributed by atoms with Gasteiger partial charge in [-0.05, 0) is 5.56 Å². The van der Waals surface area contributed by atoms with E-state index in [1.807, 2.05) is 30.3 Å². The number of carbonyl (C=O) groups excluding carboxylic acids is 1. The van der Waals surface area contributed by atoms with Gasteiger partial charge < -0.3 is 9.63 Å². The van der Waals surface area contributed by atoms with Gasteiger partial charge in [0.25, 0.3) is 0 Å². The van der Waals surface area contributed by atoms with Crippen molar-refractivity contribution in [2.24, 2.45) is 0 Å². The van der Waals surface area contributed by atoms with E-state index >= 15 is 0 Å². The molecule has 0 saturated carbocycles. The first-order valence-electron chi connectivity index (χ1n) is 4.28. The first-order chi connectivity index (χ1) is 6.92. The fraction of sp³-hybridized carbons (Fsp3) is 0.100. The van der Waals surface area contributed by atoms with Crippen LogP contribution in [0.1, 0.15) is 11.6 Å². The van der Waals surface area contributed by atoms with Gasteiger partial charge in [-0.15, -0.1) is 0 Å². The van der Waals surface area contributed by atoms with Crippen LogP contribution in [0.2, 0.25) is 0 Å². The van der Waals surface area contributed by atoms with Crippen molar-refractivity contribution in [1.29, 1.82) is 0 Å². The lowest BCUT2D eigenvalue weighted by atomic mass is 10.1. The standard InChI is InChI=1S/C10H10N2O2/c13-8-10(12-6-7-14-11-12)9-4-2-1-3-5-9/h1-8,10-11H. The Bertz CT molecular complexity index is 337. The second kappa shape index (κ2) is 3.93. The van der Waals surface area contributed by atoms with Crippen LogP contribution in [0.25, 0.3) is 0 Å². The summed E-state index contributed by atoms with van der Waals surface area (Å²) in [5.41, 5.74) is 3.52. The number of benzene rings is 1. The summed E-state index contributed by atoms with van der Waals surface area (Å²) in [6.45, 7) is 0. The molecular formula is C10H10N2O2. The molecule has 1 heterocycles. The van der Waals surface area contributed by atoms with Crippen molar-refractivity contribution in [1.82, 2.24) is 10.6 Å². The maximum absolute atomic E-state index is 10.9. The van der Waals surface area contributed by atoms with Crippen molar-refractivity contribution in [3.05, 3.63) is 48.4 Å². The molecule has 4 heteroatoms. The molecule has 0 amide bonds. The van der Waals surface area contributed by atoms with Gasteiger partial charge in [0.15, 0.2) is 0 Å².